The summed E-state index contributed by atoms with van der Waals surface area (Å²) in [6.07, 6.45) is 5.47. The van der Waals surface area contributed by atoms with Gasteiger partial charge in [0.15, 0.2) is 5.76 Å². The fraction of sp³-hybridized carbons (Fsp3) is 0.600. The van der Waals surface area contributed by atoms with Crippen molar-refractivity contribution in [1.82, 2.24) is 10.2 Å². The summed E-state index contributed by atoms with van der Waals surface area (Å²) in [5, 5.41) is 2.77. The third-order valence-corrected chi connectivity index (χ3v) is 4.87. The molecular formula is C15H20N2O3. The first kappa shape index (κ1) is 13.2. The summed E-state index contributed by atoms with van der Waals surface area (Å²) >= 11 is 0. The molecule has 1 saturated carbocycles. The highest BCUT2D eigenvalue weighted by Gasteiger charge is 2.51. The first-order valence-electron chi connectivity index (χ1n) is 7.21. The zero-order valence-corrected chi connectivity index (χ0v) is 11.7. The number of hydrogen-bond donors (Lipinski definition) is 1. The molecule has 1 aliphatic heterocycles. The van der Waals surface area contributed by atoms with Gasteiger partial charge in [-0.3, -0.25) is 9.59 Å². The SMILES string of the molecule is CNC(=O)[C@@H]1CCC[C@@]12CCN(C(=O)c1ccco1)C2. The number of likely N-dealkylation sites (tertiary alicyclic amines) is 1. The molecule has 2 amide bonds. The van der Waals surface area contributed by atoms with E-state index in [4.69, 9.17) is 4.42 Å². The van der Waals surface area contributed by atoms with Crippen molar-refractivity contribution in [1.29, 1.82) is 0 Å². The van der Waals surface area contributed by atoms with Gasteiger partial charge in [0.2, 0.25) is 5.91 Å². The number of nitrogens with zero attached hydrogens (tertiary/aromatic N) is 1. The van der Waals surface area contributed by atoms with Crippen LogP contribution in [0.2, 0.25) is 0 Å². The first-order chi connectivity index (χ1) is 9.66. The predicted octanol–water partition coefficient (Wildman–Crippen LogP) is 1.66. The van der Waals surface area contributed by atoms with Gasteiger partial charge in [-0.15, -0.1) is 0 Å². The summed E-state index contributed by atoms with van der Waals surface area (Å²) in [5.74, 6) is 0.489. The molecule has 0 unspecified atom stereocenters. The van der Waals surface area contributed by atoms with E-state index in [1.807, 2.05) is 4.90 Å². The molecule has 0 bridgehead atoms. The van der Waals surface area contributed by atoms with E-state index in [2.05, 4.69) is 5.32 Å². The second kappa shape index (κ2) is 4.96. The van der Waals surface area contributed by atoms with Crippen LogP contribution in [0.25, 0.3) is 0 Å². The normalized spacial score (nSPS) is 29.1. The van der Waals surface area contributed by atoms with Crippen molar-refractivity contribution in [3.8, 4) is 0 Å². The molecule has 1 spiro atoms. The van der Waals surface area contributed by atoms with Crippen molar-refractivity contribution in [3.05, 3.63) is 24.2 Å². The third-order valence-electron chi connectivity index (χ3n) is 4.87. The van der Waals surface area contributed by atoms with E-state index >= 15 is 0 Å². The van der Waals surface area contributed by atoms with Crippen LogP contribution in [0.4, 0.5) is 0 Å². The van der Waals surface area contributed by atoms with Crippen LogP contribution in [0.3, 0.4) is 0 Å². The lowest BCUT2D eigenvalue weighted by molar-refractivity contribution is -0.127. The second-order valence-corrected chi connectivity index (χ2v) is 5.88. The lowest BCUT2D eigenvalue weighted by Gasteiger charge is -2.30. The minimum absolute atomic E-state index is 0.0255. The minimum Gasteiger partial charge on any atom is -0.459 e. The number of nitrogens with one attached hydrogen (secondary N) is 1. The number of hydrogen-bond acceptors (Lipinski definition) is 3. The van der Waals surface area contributed by atoms with Crippen molar-refractivity contribution >= 4 is 11.8 Å². The molecule has 1 aliphatic carbocycles. The average molecular weight is 276 g/mol. The highest BCUT2D eigenvalue weighted by Crippen LogP contribution is 2.49. The molecule has 1 N–H and O–H groups in total. The lowest BCUT2D eigenvalue weighted by atomic mass is 9.76. The zero-order chi connectivity index (χ0) is 14.2. The molecule has 5 nitrogen and oxygen atoms in total. The largest absolute Gasteiger partial charge is 0.459 e. The van der Waals surface area contributed by atoms with Crippen molar-refractivity contribution < 1.29 is 14.0 Å². The standard InChI is InChI=1S/C15H20N2O3/c1-16-13(18)11-4-2-6-15(11)7-8-17(10-15)14(19)12-5-3-9-20-12/h3,5,9,11H,2,4,6-8,10H2,1H3,(H,16,18)/t11-,15-/m0/s1. The molecule has 1 aromatic rings. The van der Waals surface area contributed by atoms with E-state index in [0.717, 1.165) is 25.7 Å². The number of carbonyl (C=O) groups excluding carboxylic acids is 2. The summed E-state index contributed by atoms with van der Waals surface area (Å²) in [5.41, 5.74) is -0.0255. The second-order valence-electron chi connectivity index (χ2n) is 5.88. The molecule has 0 radical (unpaired) electrons. The predicted molar refractivity (Wildman–Crippen MR) is 73.1 cm³/mol. The van der Waals surface area contributed by atoms with Crippen molar-refractivity contribution in [3.63, 3.8) is 0 Å². The van der Waals surface area contributed by atoms with Gasteiger partial charge in [0.25, 0.3) is 5.91 Å². The molecule has 20 heavy (non-hydrogen) atoms. The van der Waals surface area contributed by atoms with Crippen molar-refractivity contribution in [2.24, 2.45) is 11.3 Å². The molecule has 2 fully saturated rings. The zero-order valence-electron chi connectivity index (χ0n) is 11.7. The smallest absolute Gasteiger partial charge is 0.289 e. The van der Waals surface area contributed by atoms with E-state index < -0.39 is 0 Å². The van der Waals surface area contributed by atoms with Gasteiger partial charge in [0, 0.05) is 31.5 Å². The van der Waals surface area contributed by atoms with Crippen LogP contribution in [0.5, 0.6) is 0 Å². The fourth-order valence-corrected chi connectivity index (χ4v) is 3.84. The number of rotatable bonds is 2. The average Bonchev–Trinajstić information content (AvgIpc) is 3.19. The minimum atomic E-state index is -0.0607. The Morgan fingerprint density at radius 3 is 3.00 bits per heavy atom. The Bertz CT molecular complexity index is 511. The highest BCUT2D eigenvalue weighted by atomic mass is 16.3. The van der Waals surface area contributed by atoms with E-state index in [1.165, 1.54) is 6.26 Å². The molecule has 5 heteroatoms. The Hall–Kier alpha value is -1.78. The van der Waals surface area contributed by atoms with Gasteiger partial charge in [-0.2, -0.15) is 0 Å². The maximum atomic E-state index is 12.3. The first-order valence-corrected chi connectivity index (χ1v) is 7.21. The van der Waals surface area contributed by atoms with Crippen LogP contribution in [0.1, 0.15) is 36.2 Å². The molecule has 108 valence electrons. The van der Waals surface area contributed by atoms with Crippen LogP contribution < -0.4 is 5.32 Å². The summed E-state index contributed by atoms with van der Waals surface area (Å²) in [6.45, 7) is 1.39. The monoisotopic (exact) mass is 276 g/mol. The Morgan fingerprint density at radius 1 is 1.45 bits per heavy atom. The van der Waals surface area contributed by atoms with Crippen LogP contribution >= 0.6 is 0 Å². The van der Waals surface area contributed by atoms with Gasteiger partial charge < -0.3 is 14.6 Å². The van der Waals surface area contributed by atoms with E-state index in [9.17, 15) is 9.59 Å². The van der Waals surface area contributed by atoms with Gasteiger partial charge in [-0.25, -0.2) is 0 Å². The quantitative estimate of drug-likeness (QED) is 0.893. The van der Waals surface area contributed by atoms with Gasteiger partial charge in [-0.1, -0.05) is 6.42 Å². The van der Waals surface area contributed by atoms with Crippen LogP contribution in [-0.4, -0.2) is 36.9 Å². The molecule has 2 heterocycles. The number of carbonyl (C=O) groups is 2. The Kier molecular flexibility index (Phi) is 3.28. The molecule has 1 aromatic heterocycles. The Morgan fingerprint density at radius 2 is 2.30 bits per heavy atom. The maximum absolute atomic E-state index is 12.3. The molecule has 3 rings (SSSR count). The summed E-state index contributed by atoms with van der Waals surface area (Å²) in [6, 6.07) is 3.42. The molecule has 1 saturated heterocycles. The highest BCUT2D eigenvalue weighted by molar-refractivity contribution is 5.91. The number of furan rings is 1. The van der Waals surface area contributed by atoms with Gasteiger partial charge in [0.1, 0.15) is 0 Å². The number of amides is 2. The van der Waals surface area contributed by atoms with Crippen LogP contribution in [0.15, 0.2) is 22.8 Å². The van der Waals surface area contributed by atoms with Gasteiger partial charge in [0.05, 0.1) is 6.26 Å². The summed E-state index contributed by atoms with van der Waals surface area (Å²) < 4.78 is 5.18. The fourth-order valence-electron chi connectivity index (χ4n) is 3.84. The maximum Gasteiger partial charge on any atom is 0.289 e. The molecule has 2 atom stereocenters. The van der Waals surface area contributed by atoms with E-state index in [1.54, 1.807) is 19.2 Å². The summed E-state index contributed by atoms with van der Waals surface area (Å²) in [4.78, 5) is 26.2. The molecule has 0 aromatic carbocycles. The van der Waals surface area contributed by atoms with Gasteiger partial charge >= 0.3 is 0 Å². The van der Waals surface area contributed by atoms with Crippen molar-refractivity contribution in [2.45, 2.75) is 25.7 Å². The summed E-state index contributed by atoms with van der Waals surface area (Å²) in [7, 11) is 1.69. The van der Waals surface area contributed by atoms with E-state index in [0.29, 0.717) is 18.8 Å². The van der Waals surface area contributed by atoms with E-state index in [-0.39, 0.29) is 23.1 Å². The Balaban J connectivity index is 1.75. The molecular weight excluding hydrogens is 256 g/mol. The molecule has 2 aliphatic rings. The lowest BCUT2D eigenvalue weighted by Crippen LogP contribution is -2.40. The Labute approximate surface area is 118 Å². The topological polar surface area (TPSA) is 62.6 Å². The van der Waals surface area contributed by atoms with Crippen LogP contribution in [0, 0.1) is 11.3 Å². The third kappa shape index (κ3) is 2.01. The van der Waals surface area contributed by atoms with Gasteiger partial charge in [-0.05, 0) is 31.4 Å². The van der Waals surface area contributed by atoms with Crippen molar-refractivity contribution in [2.75, 3.05) is 20.1 Å². The van der Waals surface area contributed by atoms with Crippen LogP contribution in [-0.2, 0) is 4.79 Å².